The average Bonchev–Trinajstić information content (AvgIpc) is 3.02. The van der Waals surface area contributed by atoms with E-state index in [9.17, 15) is 9.59 Å². The first-order valence-electron chi connectivity index (χ1n) is 9.60. The summed E-state index contributed by atoms with van der Waals surface area (Å²) in [6.45, 7) is 3.00. The van der Waals surface area contributed by atoms with Crippen molar-refractivity contribution in [3.8, 4) is 11.5 Å². The Morgan fingerprint density at radius 1 is 0.964 bits per heavy atom. The third kappa shape index (κ3) is 5.49. The van der Waals surface area contributed by atoms with E-state index in [0.717, 1.165) is 41.9 Å². The van der Waals surface area contributed by atoms with Gasteiger partial charge < -0.3 is 19.5 Å². The molecule has 0 spiro atoms. The first-order chi connectivity index (χ1) is 13.7. The summed E-state index contributed by atoms with van der Waals surface area (Å²) in [6.07, 6.45) is 2.50. The fourth-order valence-corrected chi connectivity index (χ4v) is 3.09. The van der Waals surface area contributed by atoms with Crippen LogP contribution in [0.4, 0.5) is 4.79 Å². The molecule has 1 heterocycles. The van der Waals surface area contributed by atoms with Crippen LogP contribution in [0.15, 0.2) is 48.5 Å². The number of rotatable bonds is 10. The summed E-state index contributed by atoms with van der Waals surface area (Å²) in [5.74, 6) is 0.983. The van der Waals surface area contributed by atoms with Crippen molar-refractivity contribution in [1.29, 1.82) is 0 Å². The van der Waals surface area contributed by atoms with Gasteiger partial charge in [-0.05, 0) is 49.4 Å². The fraction of sp³-hybridized carbons (Fsp3) is 0.364. The van der Waals surface area contributed by atoms with E-state index in [1.165, 1.54) is 0 Å². The molecule has 6 heteroatoms. The first kappa shape index (κ1) is 19.7. The van der Waals surface area contributed by atoms with Crippen molar-refractivity contribution in [2.45, 2.75) is 45.3 Å². The topological polar surface area (TPSA) is 73.9 Å². The van der Waals surface area contributed by atoms with Crippen LogP contribution in [0.5, 0.6) is 11.5 Å². The number of hydrogen-bond donors (Lipinski definition) is 1. The Hall–Kier alpha value is -3.02. The molecule has 1 amide bonds. The smallest absolute Gasteiger partial charge is 0.415 e. The minimum absolute atomic E-state index is 0.483. The molecule has 1 atom stereocenters. The molecule has 3 rings (SSSR count). The maximum absolute atomic E-state index is 11.4. The number of nitrogens with one attached hydrogen (secondary N) is 1. The number of cyclic esters (lactones) is 2. The van der Waals surface area contributed by atoms with E-state index in [1.54, 1.807) is 0 Å². The molecule has 2 aromatic rings. The maximum atomic E-state index is 11.4. The highest BCUT2D eigenvalue weighted by molar-refractivity contribution is 5.95. The van der Waals surface area contributed by atoms with E-state index < -0.39 is 18.1 Å². The fourth-order valence-electron chi connectivity index (χ4n) is 3.09. The average molecular weight is 383 g/mol. The Kier molecular flexibility index (Phi) is 6.89. The number of ether oxygens (including phenoxy) is 3. The highest BCUT2D eigenvalue weighted by Crippen LogP contribution is 2.30. The monoisotopic (exact) mass is 383 g/mol. The number of esters is 1. The van der Waals surface area contributed by atoms with E-state index >= 15 is 0 Å². The lowest BCUT2D eigenvalue weighted by molar-refractivity contribution is -0.135. The molecule has 28 heavy (non-hydrogen) atoms. The van der Waals surface area contributed by atoms with Crippen LogP contribution in [-0.2, 0) is 22.6 Å². The summed E-state index contributed by atoms with van der Waals surface area (Å²) in [5.41, 5.74) is 2.25. The molecule has 1 N–H and O–H groups in total. The second kappa shape index (κ2) is 9.78. The summed E-state index contributed by atoms with van der Waals surface area (Å²) < 4.78 is 16.2. The lowest BCUT2D eigenvalue weighted by Gasteiger charge is -2.14. The zero-order valence-electron chi connectivity index (χ0n) is 16.0. The number of amides is 1. The Bertz CT molecular complexity index is 806. The van der Waals surface area contributed by atoms with Gasteiger partial charge in [0, 0.05) is 0 Å². The van der Waals surface area contributed by atoms with Gasteiger partial charge in [0.05, 0.1) is 6.61 Å². The molecule has 0 aromatic heterocycles. The van der Waals surface area contributed by atoms with Gasteiger partial charge in [0.25, 0.3) is 0 Å². The molecule has 1 aliphatic rings. The Morgan fingerprint density at radius 2 is 1.79 bits per heavy atom. The number of hydrogen-bond acceptors (Lipinski definition) is 5. The molecular formula is C22H25NO5. The van der Waals surface area contributed by atoms with E-state index in [2.05, 4.69) is 10.1 Å². The van der Waals surface area contributed by atoms with E-state index in [4.69, 9.17) is 9.47 Å². The zero-order chi connectivity index (χ0) is 19.8. The van der Waals surface area contributed by atoms with Crippen LogP contribution in [0.1, 0.15) is 37.3 Å². The summed E-state index contributed by atoms with van der Waals surface area (Å²) in [6, 6.07) is 15.5. The Labute approximate surface area is 164 Å². The zero-order valence-corrected chi connectivity index (χ0v) is 16.0. The van der Waals surface area contributed by atoms with Crippen LogP contribution >= 0.6 is 0 Å². The molecule has 1 unspecified atom stereocenters. The lowest BCUT2D eigenvalue weighted by atomic mass is 10.0. The minimum atomic E-state index is -0.651. The highest BCUT2D eigenvalue weighted by Gasteiger charge is 2.31. The van der Waals surface area contributed by atoms with Gasteiger partial charge in [0.1, 0.15) is 12.6 Å². The molecule has 2 aromatic carbocycles. The molecule has 6 nitrogen and oxygen atoms in total. The van der Waals surface area contributed by atoms with Crippen LogP contribution in [0.2, 0.25) is 0 Å². The summed E-state index contributed by atoms with van der Waals surface area (Å²) in [5, 5.41) is 2.52. The molecule has 148 valence electrons. The van der Waals surface area contributed by atoms with Crippen LogP contribution in [0.25, 0.3) is 0 Å². The summed E-state index contributed by atoms with van der Waals surface area (Å²) in [4.78, 5) is 22.4. The molecular weight excluding hydrogens is 358 g/mol. The van der Waals surface area contributed by atoms with Gasteiger partial charge in [-0.2, -0.15) is 0 Å². The van der Waals surface area contributed by atoms with Crippen molar-refractivity contribution in [1.82, 2.24) is 5.32 Å². The van der Waals surface area contributed by atoms with Crippen LogP contribution in [0, 0.1) is 0 Å². The summed E-state index contributed by atoms with van der Waals surface area (Å²) in [7, 11) is 0. The predicted molar refractivity (Wildman–Crippen MR) is 104 cm³/mol. The van der Waals surface area contributed by atoms with Gasteiger partial charge in [-0.1, -0.05) is 42.8 Å². The third-order valence-electron chi connectivity index (χ3n) is 4.52. The van der Waals surface area contributed by atoms with Crippen LogP contribution < -0.4 is 14.8 Å². The lowest BCUT2D eigenvalue weighted by Crippen LogP contribution is -2.28. The number of carbonyl (C=O) groups is 2. The second-order valence-corrected chi connectivity index (χ2v) is 6.64. The van der Waals surface area contributed by atoms with E-state index in [0.29, 0.717) is 19.6 Å². The Balaban J connectivity index is 1.51. The van der Waals surface area contributed by atoms with Crippen molar-refractivity contribution >= 4 is 12.1 Å². The second-order valence-electron chi connectivity index (χ2n) is 6.64. The Morgan fingerprint density at radius 3 is 2.50 bits per heavy atom. The SMILES string of the molecule is CCOc1cc(CCCCC2NC(=O)OC2=O)ccc1OCc1ccccc1. The van der Waals surface area contributed by atoms with Gasteiger partial charge >= 0.3 is 12.1 Å². The number of unbranched alkanes of at least 4 members (excludes halogenated alkanes) is 1. The minimum Gasteiger partial charge on any atom is -0.490 e. The molecule has 0 saturated carbocycles. The van der Waals surface area contributed by atoms with Crippen molar-refractivity contribution in [2.75, 3.05) is 6.61 Å². The van der Waals surface area contributed by atoms with Crippen molar-refractivity contribution in [3.05, 3.63) is 59.7 Å². The predicted octanol–water partition coefficient (Wildman–Crippen LogP) is 4.01. The van der Waals surface area contributed by atoms with Gasteiger partial charge in [-0.25, -0.2) is 9.59 Å². The molecule has 0 radical (unpaired) electrons. The van der Waals surface area contributed by atoms with Crippen molar-refractivity contribution < 1.29 is 23.8 Å². The van der Waals surface area contributed by atoms with E-state index in [1.807, 2.05) is 55.5 Å². The standard InChI is InChI=1S/C22H25NO5/c1-2-26-20-14-16(8-6-7-11-18-21(24)28-22(25)23-18)12-13-19(20)27-15-17-9-4-3-5-10-17/h3-5,9-10,12-14,18H,2,6-8,11,15H2,1H3,(H,23,25). The quantitative estimate of drug-likeness (QED) is 0.381. The number of benzene rings is 2. The molecule has 1 fully saturated rings. The number of alkyl carbamates (subject to hydrolysis) is 1. The van der Waals surface area contributed by atoms with Crippen molar-refractivity contribution in [2.24, 2.45) is 0 Å². The molecule has 0 bridgehead atoms. The van der Waals surface area contributed by atoms with Gasteiger partial charge in [0.15, 0.2) is 11.5 Å². The van der Waals surface area contributed by atoms with Gasteiger partial charge in [-0.15, -0.1) is 0 Å². The normalized spacial score (nSPS) is 15.8. The molecule has 1 aliphatic heterocycles. The largest absolute Gasteiger partial charge is 0.490 e. The molecule has 0 aliphatic carbocycles. The summed E-state index contributed by atoms with van der Waals surface area (Å²) >= 11 is 0. The van der Waals surface area contributed by atoms with Gasteiger partial charge in [-0.3, -0.25) is 0 Å². The number of carbonyl (C=O) groups excluding carboxylic acids is 2. The van der Waals surface area contributed by atoms with Crippen LogP contribution in [-0.4, -0.2) is 24.7 Å². The number of aryl methyl sites for hydroxylation is 1. The van der Waals surface area contributed by atoms with Crippen LogP contribution in [0.3, 0.4) is 0 Å². The van der Waals surface area contributed by atoms with E-state index in [-0.39, 0.29) is 0 Å². The maximum Gasteiger partial charge on any atom is 0.415 e. The molecule has 1 saturated heterocycles. The van der Waals surface area contributed by atoms with Gasteiger partial charge in [0.2, 0.25) is 0 Å². The third-order valence-corrected chi connectivity index (χ3v) is 4.52. The highest BCUT2D eigenvalue weighted by atomic mass is 16.6. The first-order valence-corrected chi connectivity index (χ1v) is 9.60. The van der Waals surface area contributed by atoms with Crippen molar-refractivity contribution in [3.63, 3.8) is 0 Å².